The van der Waals surface area contributed by atoms with E-state index in [2.05, 4.69) is 6.58 Å². The molecule has 0 aliphatic heterocycles. The summed E-state index contributed by atoms with van der Waals surface area (Å²) in [7, 11) is 0. The molecule has 0 unspecified atom stereocenters. The van der Waals surface area contributed by atoms with E-state index >= 15 is 0 Å². The minimum Gasteiger partial charge on any atom is -0.507 e. The van der Waals surface area contributed by atoms with Gasteiger partial charge in [-0.1, -0.05) is 18.7 Å². The second kappa shape index (κ2) is 6.09. The molecule has 3 nitrogen and oxygen atoms in total. The second-order valence-electron chi connectivity index (χ2n) is 3.90. The van der Waals surface area contributed by atoms with Gasteiger partial charge < -0.3 is 9.84 Å². The SMILES string of the molecule is C=C(C)c1c(O)cccc1CCC(=O)OCC. The molecule has 0 aromatic heterocycles. The van der Waals surface area contributed by atoms with Crippen LogP contribution in [-0.4, -0.2) is 17.7 Å². The molecular weight excluding hydrogens is 216 g/mol. The highest BCUT2D eigenvalue weighted by molar-refractivity contribution is 5.72. The zero-order chi connectivity index (χ0) is 12.8. The Labute approximate surface area is 102 Å². The first-order valence-electron chi connectivity index (χ1n) is 5.68. The third kappa shape index (κ3) is 3.63. The predicted octanol–water partition coefficient (Wildman–Crippen LogP) is 2.92. The third-order valence-electron chi connectivity index (χ3n) is 2.46. The Morgan fingerprint density at radius 3 is 2.76 bits per heavy atom. The van der Waals surface area contributed by atoms with Gasteiger partial charge in [0.25, 0.3) is 0 Å². The first-order valence-corrected chi connectivity index (χ1v) is 5.68. The molecule has 0 heterocycles. The van der Waals surface area contributed by atoms with Crippen LogP contribution in [0, 0.1) is 0 Å². The van der Waals surface area contributed by atoms with Crippen molar-refractivity contribution in [1.82, 2.24) is 0 Å². The largest absolute Gasteiger partial charge is 0.507 e. The van der Waals surface area contributed by atoms with Gasteiger partial charge in [0.1, 0.15) is 5.75 Å². The summed E-state index contributed by atoms with van der Waals surface area (Å²) in [5.41, 5.74) is 2.45. The molecule has 0 bridgehead atoms. The Hall–Kier alpha value is -1.77. The number of ether oxygens (including phenoxy) is 1. The van der Waals surface area contributed by atoms with Crippen molar-refractivity contribution in [2.45, 2.75) is 26.7 Å². The summed E-state index contributed by atoms with van der Waals surface area (Å²) >= 11 is 0. The molecule has 0 aliphatic rings. The number of carbonyl (C=O) groups is 1. The quantitative estimate of drug-likeness (QED) is 0.797. The lowest BCUT2D eigenvalue weighted by molar-refractivity contribution is -0.143. The van der Waals surface area contributed by atoms with Crippen molar-refractivity contribution in [1.29, 1.82) is 0 Å². The number of benzene rings is 1. The van der Waals surface area contributed by atoms with E-state index in [0.29, 0.717) is 19.4 Å². The van der Waals surface area contributed by atoms with E-state index in [1.807, 2.05) is 13.0 Å². The fourth-order valence-corrected chi connectivity index (χ4v) is 1.76. The van der Waals surface area contributed by atoms with Crippen LogP contribution >= 0.6 is 0 Å². The van der Waals surface area contributed by atoms with Crippen molar-refractivity contribution >= 4 is 11.5 Å². The first kappa shape index (κ1) is 13.3. The minimum absolute atomic E-state index is 0.207. The van der Waals surface area contributed by atoms with Crippen LogP contribution in [0.2, 0.25) is 0 Å². The average Bonchev–Trinajstić information content (AvgIpc) is 2.26. The van der Waals surface area contributed by atoms with E-state index < -0.39 is 0 Å². The van der Waals surface area contributed by atoms with E-state index in [1.54, 1.807) is 19.1 Å². The van der Waals surface area contributed by atoms with Crippen LogP contribution in [-0.2, 0) is 16.0 Å². The molecule has 1 N–H and O–H groups in total. The average molecular weight is 234 g/mol. The molecule has 0 aliphatic carbocycles. The monoisotopic (exact) mass is 234 g/mol. The summed E-state index contributed by atoms with van der Waals surface area (Å²) < 4.78 is 4.87. The number of aromatic hydroxyl groups is 1. The number of esters is 1. The summed E-state index contributed by atoms with van der Waals surface area (Å²) in [4.78, 5) is 11.3. The normalized spacial score (nSPS) is 10.0. The van der Waals surface area contributed by atoms with E-state index in [1.165, 1.54) is 0 Å². The summed E-state index contributed by atoms with van der Waals surface area (Å²) in [6, 6.07) is 5.28. The Balaban J connectivity index is 2.81. The molecule has 0 spiro atoms. The van der Waals surface area contributed by atoms with Crippen LogP contribution < -0.4 is 0 Å². The Morgan fingerprint density at radius 2 is 2.18 bits per heavy atom. The molecule has 3 heteroatoms. The summed E-state index contributed by atoms with van der Waals surface area (Å²) in [6.07, 6.45) is 0.868. The molecule has 0 radical (unpaired) electrons. The van der Waals surface area contributed by atoms with Crippen molar-refractivity contribution < 1.29 is 14.6 Å². The smallest absolute Gasteiger partial charge is 0.306 e. The van der Waals surface area contributed by atoms with Gasteiger partial charge in [-0.25, -0.2) is 0 Å². The molecule has 1 aromatic carbocycles. The second-order valence-corrected chi connectivity index (χ2v) is 3.90. The molecule has 1 aromatic rings. The van der Waals surface area contributed by atoms with Crippen molar-refractivity contribution in [3.8, 4) is 5.75 Å². The third-order valence-corrected chi connectivity index (χ3v) is 2.46. The molecular formula is C14H18O3. The number of allylic oxidation sites excluding steroid dienone is 1. The summed E-state index contributed by atoms with van der Waals surface area (Å²) in [5, 5.41) is 9.75. The molecule has 0 fully saturated rings. The maximum atomic E-state index is 11.3. The fourth-order valence-electron chi connectivity index (χ4n) is 1.76. The lowest BCUT2D eigenvalue weighted by Crippen LogP contribution is -2.06. The number of rotatable bonds is 5. The number of hydrogen-bond acceptors (Lipinski definition) is 3. The molecule has 17 heavy (non-hydrogen) atoms. The predicted molar refractivity (Wildman–Crippen MR) is 67.8 cm³/mol. The fraction of sp³-hybridized carbons (Fsp3) is 0.357. The van der Waals surface area contributed by atoms with E-state index in [-0.39, 0.29) is 11.7 Å². The van der Waals surface area contributed by atoms with Gasteiger partial charge in [0.2, 0.25) is 0 Å². The van der Waals surface area contributed by atoms with Gasteiger partial charge >= 0.3 is 5.97 Å². The van der Waals surface area contributed by atoms with Crippen molar-refractivity contribution in [2.24, 2.45) is 0 Å². The summed E-state index contributed by atoms with van der Waals surface area (Å²) in [5.74, 6) is -0.0117. The first-order chi connectivity index (χ1) is 8.06. The number of aryl methyl sites for hydroxylation is 1. The van der Waals surface area contributed by atoms with Crippen LogP contribution in [0.15, 0.2) is 24.8 Å². The zero-order valence-electron chi connectivity index (χ0n) is 10.3. The number of phenols is 1. The molecule has 92 valence electrons. The van der Waals surface area contributed by atoms with Gasteiger partial charge in [-0.15, -0.1) is 0 Å². The van der Waals surface area contributed by atoms with E-state index in [4.69, 9.17) is 4.74 Å². The number of phenolic OH excluding ortho intramolecular Hbond substituents is 1. The summed E-state index contributed by atoms with van der Waals surface area (Å²) in [6.45, 7) is 7.85. The van der Waals surface area contributed by atoms with Gasteiger partial charge in [0.15, 0.2) is 0 Å². The topological polar surface area (TPSA) is 46.5 Å². The zero-order valence-corrected chi connectivity index (χ0v) is 10.3. The number of carbonyl (C=O) groups excluding carboxylic acids is 1. The van der Waals surface area contributed by atoms with Crippen molar-refractivity contribution in [2.75, 3.05) is 6.61 Å². The van der Waals surface area contributed by atoms with Crippen LogP contribution in [0.5, 0.6) is 5.75 Å². The maximum absolute atomic E-state index is 11.3. The van der Waals surface area contributed by atoms with Crippen LogP contribution in [0.25, 0.3) is 5.57 Å². The van der Waals surface area contributed by atoms with Crippen LogP contribution in [0.4, 0.5) is 0 Å². The highest BCUT2D eigenvalue weighted by atomic mass is 16.5. The molecule has 0 saturated carbocycles. The van der Waals surface area contributed by atoms with E-state index in [0.717, 1.165) is 16.7 Å². The van der Waals surface area contributed by atoms with Gasteiger partial charge in [-0.2, -0.15) is 0 Å². The van der Waals surface area contributed by atoms with Crippen LogP contribution in [0.3, 0.4) is 0 Å². The molecule has 1 rings (SSSR count). The van der Waals surface area contributed by atoms with Crippen molar-refractivity contribution in [3.63, 3.8) is 0 Å². The van der Waals surface area contributed by atoms with Crippen LogP contribution in [0.1, 0.15) is 31.4 Å². The van der Waals surface area contributed by atoms with Gasteiger partial charge in [0, 0.05) is 12.0 Å². The Morgan fingerprint density at radius 1 is 1.47 bits per heavy atom. The highest BCUT2D eigenvalue weighted by Gasteiger charge is 2.10. The van der Waals surface area contributed by atoms with E-state index in [9.17, 15) is 9.90 Å². The lowest BCUT2D eigenvalue weighted by Gasteiger charge is -2.10. The Kier molecular flexibility index (Phi) is 4.76. The minimum atomic E-state index is -0.219. The Bertz CT molecular complexity index is 421. The highest BCUT2D eigenvalue weighted by Crippen LogP contribution is 2.28. The molecule has 0 atom stereocenters. The van der Waals surface area contributed by atoms with Gasteiger partial charge in [0.05, 0.1) is 6.61 Å². The standard InChI is InChI=1S/C14H18O3/c1-4-17-13(16)9-8-11-6-5-7-12(15)14(11)10(2)3/h5-7,15H,2,4,8-9H2,1,3H3. The molecule has 0 amide bonds. The lowest BCUT2D eigenvalue weighted by atomic mass is 9.97. The number of hydrogen-bond donors (Lipinski definition) is 1. The van der Waals surface area contributed by atoms with Gasteiger partial charge in [-0.05, 0) is 37.5 Å². The molecule has 0 saturated heterocycles. The van der Waals surface area contributed by atoms with Crippen molar-refractivity contribution in [3.05, 3.63) is 35.9 Å². The van der Waals surface area contributed by atoms with Gasteiger partial charge in [-0.3, -0.25) is 4.79 Å². The maximum Gasteiger partial charge on any atom is 0.306 e.